The highest BCUT2D eigenvalue weighted by Gasteiger charge is 2.22. The molecule has 0 spiro atoms. The number of carbonyl (C=O) groups is 1. The molecule has 10 nitrogen and oxygen atoms in total. The van der Waals surface area contributed by atoms with Crippen molar-refractivity contribution in [3.8, 4) is 11.3 Å². The minimum absolute atomic E-state index is 0.0500. The van der Waals surface area contributed by atoms with E-state index in [-0.39, 0.29) is 11.5 Å². The molecule has 4 N–H and O–H groups in total. The second-order valence-electron chi connectivity index (χ2n) is 12.1. The first-order valence-electron chi connectivity index (χ1n) is 14.9. The Balaban J connectivity index is 1.32. The lowest BCUT2D eigenvalue weighted by Gasteiger charge is -2.30. The van der Waals surface area contributed by atoms with Crippen LogP contribution in [-0.2, 0) is 11.3 Å². The van der Waals surface area contributed by atoms with Gasteiger partial charge in [-0.15, -0.1) is 0 Å². The largest absolute Gasteiger partial charge is 0.350 e. The summed E-state index contributed by atoms with van der Waals surface area (Å²) in [6.45, 7) is 12.8. The molecule has 4 heterocycles. The first-order valence-corrected chi connectivity index (χ1v) is 14.9. The van der Waals surface area contributed by atoms with Crippen LogP contribution >= 0.6 is 0 Å². The van der Waals surface area contributed by atoms with Crippen molar-refractivity contribution in [2.45, 2.75) is 52.1 Å². The van der Waals surface area contributed by atoms with Crippen molar-refractivity contribution in [2.75, 3.05) is 22.5 Å². The topological polar surface area (TPSA) is 121 Å². The van der Waals surface area contributed by atoms with E-state index >= 15 is 0 Å². The van der Waals surface area contributed by atoms with Crippen molar-refractivity contribution in [3.05, 3.63) is 96.2 Å². The average molecular weight is 606 g/mol. The predicted octanol–water partition coefficient (Wildman–Crippen LogP) is 6.56. The summed E-state index contributed by atoms with van der Waals surface area (Å²) in [4.78, 5) is 26.2. The van der Waals surface area contributed by atoms with Gasteiger partial charge in [0.2, 0.25) is 11.9 Å². The molecule has 0 atom stereocenters. The standard InChI is InChI=1S/C34H36FN9O/c1-20(2)28-19-39-44-30(28)42-32(41-25-12-14-34(4,5)38-18-25)43-33(44)37-17-23-8-6-7-9-26(23)29-27-11-10-24(40-31(45)21(3)35)16-22(27)13-15-36-29/h6-13,15-16,19-20,38H,3,14,17-18H2,1-2,4-5H3,(H,40,45)(H2,37,41,42,43). The van der Waals surface area contributed by atoms with Gasteiger partial charge in [-0.2, -0.15) is 19.6 Å². The molecule has 6 rings (SSSR count). The van der Waals surface area contributed by atoms with Crippen LogP contribution in [0.25, 0.3) is 27.7 Å². The molecular formula is C34H36FN9O. The fraction of sp³-hybridized carbons (Fsp3) is 0.265. The van der Waals surface area contributed by atoms with Gasteiger partial charge in [-0.1, -0.05) is 56.8 Å². The van der Waals surface area contributed by atoms with Crippen molar-refractivity contribution in [1.82, 2.24) is 29.9 Å². The highest BCUT2D eigenvalue weighted by atomic mass is 19.1. The van der Waals surface area contributed by atoms with Crippen LogP contribution in [-0.4, -0.2) is 42.6 Å². The second-order valence-corrected chi connectivity index (χ2v) is 12.1. The lowest BCUT2D eigenvalue weighted by molar-refractivity contribution is -0.114. The Kier molecular flexibility index (Phi) is 8.03. The number of fused-ring (bicyclic) bond motifs is 2. The van der Waals surface area contributed by atoms with E-state index in [9.17, 15) is 9.18 Å². The molecule has 45 heavy (non-hydrogen) atoms. The molecule has 1 aliphatic rings. The van der Waals surface area contributed by atoms with E-state index in [1.54, 1.807) is 22.8 Å². The first kappa shape index (κ1) is 29.9. The summed E-state index contributed by atoms with van der Waals surface area (Å²) < 4.78 is 15.0. The molecule has 0 bridgehead atoms. The van der Waals surface area contributed by atoms with Gasteiger partial charge in [-0.25, -0.2) is 4.39 Å². The number of nitrogens with zero attached hydrogens (tertiary/aromatic N) is 5. The Morgan fingerprint density at radius 1 is 1.16 bits per heavy atom. The highest BCUT2D eigenvalue weighted by Crippen LogP contribution is 2.31. The fourth-order valence-corrected chi connectivity index (χ4v) is 5.32. The smallest absolute Gasteiger partial charge is 0.283 e. The number of anilines is 3. The van der Waals surface area contributed by atoms with Crippen LogP contribution in [0.15, 0.2) is 85.1 Å². The Morgan fingerprint density at radius 2 is 1.98 bits per heavy atom. The number of carbonyl (C=O) groups excluding carboxylic acids is 1. The molecule has 3 aromatic heterocycles. The van der Waals surface area contributed by atoms with E-state index in [4.69, 9.17) is 15.0 Å². The molecule has 11 heteroatoms. The van der Waals surface area contributed by atoms with Gasteiger partial charge in [0.05, 0.1) is 11.9 Å². The van der Waals surface area contributed by atoms with Gasteiger partial charge in [0.15, 0.2) is 11.5 Å². The minimum atomic E-state index is -1.04. The molecule has 0 fully saturated rings. The molecule has 1 aliphatic heterocycles. The average Bonchev–Trinajstić information content (AvgIpc) is 3.45. The lowest BCUT2D eigenvalue weighted by atomic mass is 9.97. The van der Waals surface area contributed by atoms with Gasteiger partial charge in [0, 0.05) is 52.7 Å². The number of halogens is 1. The van der Waals surface area contributed by atoms with Crippen LogP contribution in [0.1, 0.15) is 51.2 Å². The van der Waals surface area contributed by atoms with Crippen LogP contribution < -0.4 is 21.3 Å². The molecule has 0 aliphatic carbocycles. The van der Waals surface area contributed by atoms with Crippen LogP contribution in [0.5, 0.6) is 0 Å². The zero-order valence-electron chi connectivity index (χ0n) is 25.8. The Labute approximate surface area is 260 Å². The molecule has 0 saturated carbocycles. The summed E-state index contributed by atoms with van der Waals surface area (Å²) in [5.74, 6) is -0.611. The number of aromatic nitrogens is 5. The molecule has 0 saturated heterocycles. The maximum atomic E-state index is 13.3. The van der Waals surface area contributed by atoms with Gasteiger partial charge >= 0.3 is 0 Å². The summed E-state index contributed by atoms with van der Waals surface area (Å²) in [6.07, 6.45) is 6.66. The number of rotatable bonds is 9. The van der Waals surface area contributed by atoms with E-state index in [2.05, 4.69) is 66.7 Å². The molecule has 0 radical (unpaired) electrons. The Morgan fingerprint density at radius 3 is 2.73 bits per heavy atom. The molecule has 0 unspecified atom stereocenters. The SMILES string of the molecule is C=C(F)C(=O)Nc1ccc2c(-c3ccccc3CNc3nc(NC4=CCC(C)(C)NC4)nc4c(C(C)C)cnn34)nccc2c1. The van der Waals surface area contributed by atoms with Gasteiger partial charge in [0.25, 0.3) is 5.91 Å². The van der Waals surface area contributed by atoms with E-state index < -0.39 is 11.7 Å². The van der Waals surface area contributed by atoms with E-state index in [0.29, 0.717) is 30.7 Å². The van der Waals surface area contributed by atoms with Gasteiger partial charge in [0.1, 0.15) is 0 Å². The van der Waals surface area contributed by atoms with Crippen molar-refractivity contribution < 1.29 is 9.18 Å². The third kappa shape index (κ3) is 6.39. The number of amides is 1. The normalized spacial score (nSPS) is 14.4. The second kappa shape index (κ2) is 12.1. The van der Waals surface area contributed by atoms with Crippen LogP contribution in [0.3, 0.4) is 0 Å². The number of pyridine rings is 1. The van der Waals surface area contributed by atoms with Crippen molar-refractivity contribution in [3.63, 3.8) is 0 Å². The van der Waals surface area contributed by atoms with Crippen molar-refractivity contribution in [2.24, 2.45) is 0 Å². The molecule has 5 aromatic rings. The van der Waals surface area contributed by atoms with Crippen molar-refractivity contribution in [1.29, 1.82) is 0 Å². The third-order valence-electron chi connectivity index (χ3n) is 7.88. The van der Waals surface area contributed by atoms with Crippen molar-refractivity contribution >= 4 is 39.9 Å². The van der Waals surface area contributed by atoms with Crippen LogP contribution in [0.4, 0.5) is 22.0 Å². The maximum absolute atomic E-state index is 13.3. The molecule has 2 aromatic carbocycles. The van der Waals surface area contributed by atoms with E-state index in [0.717, 1.165) is 50.9 Å². The summed E-state index contributed by atoms with van der Waals surface area (Å²) >= 11 is 0. The van der Waals surface area contributed by atoms with E-state index in [1.807, 2.05) is 42.6 Å². The fourth-order valence-electron chi connectivity index (χ4n) is 5.32. The number of nitrogens with one attached hydrogen (secondary N) is 4. The number of hydrogen-bond donors (Lipinski definition) is 4. The highest BCUT2D eigenvalue weighted by molar-refractivity contribution is 6.04. The zero-order chi connectivity index (χ0) is 31.7. The van der Waals surface area contributed by atoms with E-state index in [1.165, 1.54) is 0 Å². The minimum Gasteiger partial charge on any atom is -0.350 e. The molecule has 1 amide bonds. The molecular weight excluding hydrogens is 569 g/mol. The van der Waals surface area contributed by atoms with Crippen LogP contribution in [0.2, 0.25) is 0 Å². The van der Waals surface area contributed by atoms with Gasteiger partial charge in [-0.05, 0) is 55.3 Å². The van der Waals surface area contributed by atoms with Crippen LogP contribution in [0, 0.1) is 0 Å². The summed E-state index contributed by atoms with van der Waals surface area (Å²) in [5, 5.41) is 19.4. The first-order chi connectivity index (χ1) is 21.6. The lowest BCUT2D eigenvalue weighted by Crippen LogP contribution is -2.43. The van der Waals surface area contributed by atoms with Gasteiger partial charge in [-0.3, -0.25) is 9.78 Å². The van der Waals surface area contributed by atoms with Gasteiger partial charge < -0.3 is 21.3 Å². The Bertz CT molecular complexity index is 1960. The number of benzene rings is 2. The quantitative estimate of drug-likeness (QED) is 0.139. The Hall–Kier alpha value is -5.16. The maximum Gasteiger partial charge on any atom is 0.283 e. The monoisotopic (exact) mass is 605 g/mol. The summed E-state index contributed by atoms with van der Waals surface area (Å²) in [6, 6.07) is 15.3. The zero-order valence-corrected chi connectivity index (χ0v) is 25.8. The number of hydrogen-bond acceptors (Lipinski definition) is 8. The summed E-state index contributed by atoms with van der Waals surface area (Å²) in [7, 11) is 0. The third-order valence-corrected chi connectivity index (χ3v) is 7.88. The predicted molar refractivity (Wildman–Crippen MR) is 177 cm³/mol. The molecule has 230 valence electrons. The summed E-state index contributed by atoms with van der Waals surface area (Å²) in [5.41, 5.74) is 6.06.